The van der Waals surface area contributed by atoms with E-state index in [-0.39, 0.29) is 25.0 Å². The molecule has 0 aromatic rings. The summed E-state index contributed by atoms with van der Waals surface area (Å²) in [5, 5.41) is 35.2. The molecule has 0 aromatic heterocycles. The van der Waals surface area contributed by atoms with Gasteiger partial charge in [0.2, 0.25) is 0 Å². The highest BCUT2D eigenvalue weighted by molar-refractivity contribution is 5.69. The molecule has 4 aliphatic rings. The number of aliphatic hydroxyl groups excluding tert-OH is 2. The first-order chi connectivity index (χ1) is 18.3. The fourth-order valence-corrected chi connectivity index (χ4v) is 8.13. The lowest BCUT2D eigenvalue weighted by Gasteiger charge is -2.65. The molecule has 0 amide bonds. The Morgan fingerprint density at radius 3 is 1.93 bits per heavy atom. The summed E-state index contributed by atoms with van der Waals surface area (Å²) in [6.07, 6.45) is -7.61. The van der Waals surface area contributed by atoms with Crippen molar-refractivity contribution in [3.05, 3.63) is 11.1 Å². The molecule has 0 aromatic carbocycles. The minimum absolute atomic E-state index is 0.0211. The van der Waals surface area contributed by atoms with E-state index in [1.165, 1.54) is 34.6 Å². The van der Waals surface area contributed by atoms with Crippen LogP contribution in [0.15, 0.2) is 11.1 Å². The number of esters is 4. The zero-order valence-electron chi connectivity index (χ0n) is 24.2. The van der Waals surface area contributed by atoms with Gasteiger partial charge in [-0.15, -0.1) is 0 Å². The normalized spacial score (nSPS) is 42.3. The van der Waals surface area contributed by atoms with E-state index in [9.17, 15) is 34.5 Å². The summed E-state index contributed by atoms with van der Waals surface area (Å²) >= 11 is 0. The maximum Gasteiger partial charge on any atom is 0.303 e. The van der Waals surface area contributed by atoms with E-state index >= 15 is 0 Å². The quantitative estimate of drug-likeness (QED) is 0.241. The number of carbonyl (C=O) groups is 4. The molecule has 2 saturated carbocycles. The van der Waals surface area contributed by atoms with Gasteiger partial charge >= 0.3 is 23.9 Å². The fraction of sp³-hybridized carbons (Fsp3) is 0.786. The van der Waals surface area contributed by atoms with Crippen LogP contribution in [0.25, 0.3) is 0 Å². The number of hydrogen-bond donors (Lipinski definition) is 3. The van der Waals surface area contributed by atoms with Crippen molar-refractivity contribution < 1.29 is 58.2 Å². The summed E-state index contributed by atoms with van der Waals surface area (Å²) in [6.45, 7) is 10.8. The van der Waals surface area contributed by atoms with Crippen LogP contribution in [-0.4, -0.2) is 93.6 Å². The standard InChI is InChI=1S/C28H40O12/c1-12-17(33)10-27(25(6,7)35)20(12)21(34)23(38-14(3)30)26(8)18(37-13(2)29)9-19-28(11-36-19,40-16(5)32)22(26)24(27)39-15(4)31/h17-19,21-24,33-35H,9-11H2,1-8H3/t17-,18-,19+,21+,22?,23-,24?,26+,27-,28-/m0/s1. The summed E-state index contributed by atoms with van der Waals surface area (Å²) in [5.74, 6) is -3.95. The Labute approximate surface area is 232 Å². The highest BCUT2D eigenvalue weighted by Gasteiger charge is 2.80. The topological polar surface area (TPSA) is 175 Å². The highest BCUT2D eigenvalue weighted by Crippen LogP contribution is 2.68. The van der Waals surface area contributed by atoms with Gasteiger partial charge in [0.25, 0.3) is 0 Å². The summed E-state index contributed by atoms with van der Waals surface area (Å²) in [6, 6.07) is 0. The van der Waals surface area contributed by atoms with Crippen molar-refractivity contribution in [2.45, 2.75) is 116 Å². The molecule has 3 N–H and O–H groups in total. The lowest BCUT2D eigenvalue weighted by molar-refractivity contribution is -0.353. The molecule has 1 heterocycles. The summed E-state index contributed by atoms with van der Waals surface area (Å²) in [5.41, 5.74) is -5.96. The maximum atomic E-state index is 12.8. The Hall–Kier alpha value is -2.54. The first-order valence-electron chi connectivity index (χ1n) is 13.5. The molecule has 0 radical (unpaired) electrons. The zero-order valence-corrected chi connectivity index (χ0v) is 24.2. The van der Waals surface area contributed by atoms with Gasteiger partial charge in [0.1, 0.15) is 30.5 Å². The average Bonchev–Trinajstić information content (AvgIpc) is 3.03. The van der Waals surface area contributed by atoms with Gasteiger partial charge in [0, 0.05) is 34.1 Å². The second-order valence-corrected chi connectivity index (χ2v) is 12.4. The third kappa shape index (κ3) is 4.17. The number of fused-ring (bicyclic) bond motifs is 4. The number of rotatable bonds is 5. The fourth-order valence-electron chi connectivity index (χ4n) is 8.13. The minimum Gasteiger partial charge on any atom is -0.462 e. The van der Waals surface area contributed by atoms with Crippen LogP contribution in [-0.2, 0) is 42.9 Å². The third-order valence-corrected chi connectivity index (χ3v) is 9.60. The predicted octanol–water partition coefficient (Wildman–Crippen LogP) is 0.721. The van der Waals surface area contributed by atoms with Crippen molar-refractivity contribution in [3.63, 3.8) is 0 Å². The number of aliphatic hydroxyl groups is 3. The van der Waals surface area contributed by atoms with Gasteiger partial charge < -0.3 is 39.0 Å². The van der Waals surface area contributed by atoms with E-state index in [1.54, 1.807) is 13.8 Å². The second kappa shape index (κ2) is 9.78. The Bertz CT molecular complexity index is 1140. The van der Waals surface area contributed by atoms with Crippen molar-refractivity contribution in [3.8, 4) is 0 Å². The molecule has 2 unspecified atom stereocenters. The largest absolute Gasteiger partial charge is 0.462 e. The van der Waals surface area contributed by atoms with Gasteiger partial charge in [0.15, 0.2) is 5.60 Å². The van der Waals surface area contributed by atoms with Gasteiger partial charge in [-0.1, -0.05) is 6.92 Å². The summed E-state index contributed by atoms with van der Waals surface area (Å²) < 4.78 is 29.6. The predicted molar refractivity (Wildman–Crippen MR) is 135 cm³/mol. The lowest BCUT2D eigenvalue weighted by Crippen LogP contribution is -2.79. The van der Waals surface area contributed by atoms with Gasteiger partial charge in [-0.05, 0) is 38.3 Å². The zero-order chi connectivity index (χ0) is 30.2. The lowest BCUT2D eigenvalue weighted by atomic mass is 9.49. The first kappa shape index (κ1) is 30.4. The Kier molecular flexibility index (Phi) is 7.44. The van der Waals surface area contributed by atoms with Crippen molar-refractivity contribution in [1.82, 2.24) is 0 Å². The molecule has 12 heteroatoms. The molecule has 0 bridgehead atoms. The van der Waals surface area contributed by atoms with Crippen molar-refractivity contribution >= 4 is 23.9 Å². The van der Waals surface area contributed by atoms with Crippen LogP contribution in [0.5, 0.6) is 0 Å². The van der Waals surface area contributed by atoms with Gasteiger partial charge in [-0.3, -0.25) is 19.2 Å². The maximum absolute atomic E-state index is 12.8. The highest BCUT2D eigenvalue weighted by atomic mass is 16.6. The number of ether oxygens (including phenoxy) is 5. The molecule has 3 fully saturated rings. The van der Waals surface area contributed by atoms with Gasteiger partial charge in [0.05, 0.1) is 35.1 Å². The smallest absolute Gasteiger partial charge is 0.303 e. The first-order valence-corrected chi connectivity index (χ1v) is 13.5. The van der Waals surface area contributed by atoms with Crippen LogP contribution in [0, 0.1) is 16.7 Å². The van der Waals surface area contributed by atoms with Crippen LogP contribution < -0.4 is 0 Å². The molecule has 40 heavy (non-hydrogen) atoms. The average molecular weight is 569 g/mol. The molecule has 12 nitrogen and oxygen atoms in total. The minimum atomic E-state index is -1.75. The Balaban J connectivity index is 2.17. The van der Waals surface area contributed by atoms with E-state index < -0.39 is 88.5 Å². The van der Waals surface area contributed by atoms with Gasteiger partial charge in [-0.2, -0.15) is 0 Å². The molecule has 10 atom stereocenters. The van der Waals surface area contributed by atoms with E-state index in [4.69, 9.17) is 23.7 Å². The van der Waals surface area contributed by atoms with Gasteiger partial charge in [-0.25, -0.2) is 0 Å². The molecular weight excluding hydrogens is 528 g/mol. The third-order valence-electron chi connectivity index (χ3n) is 9.60. The molecule has 1 saturated heterocycles. The van der Waals surface area contributed by atoms with Crippen LogP contribution in [0.2, 0.25) is 0 Å². The molecule has 1 aliphatic heterocycles. The molecule has 224 valence electrons. The van der Waals surface area contributed by atoms with E-state index in [1.807, 2.05) is 0 Å². The second-order valence-electron chi connectivity index (χ2n) is 12.4. The summed E-state index contributed by atoms with van der Waals surface area (Å²) in [7, 11) is 0. The Morgan fingerprint density at radius 1 is 0.925 bits per heavy atom. The molecule has 4 rings (SSSR count). The van der Waals surface area contributed by atoms with E-state index in [2.05, 4.69) is 0 Å². The number of carbonyl (C=O) groups excluding carboxylic acids is 4. The van der Waals surface area contributed by atoms with E-state index in [0.717, 1.165) is 6.92 Å². The van der Waals surface area contributed by atoms with E-state index in [0.29, 0.717) is 5.57 Å². The Morgan fingerprint density at radius 2 is 1.48 bits per heavy atom. The monoisotopic (exact) mass is 568 g/mol. The summed E-state index contributed by atoms with van der Waals surface area (Å²) in [4.78, 5) is 50.3. The molecular formula is C28H40O12. The molecule has 0 spiro atoms. The molecule has 3 aliphatic carbocycles. The van der Waals surface area contributed by atoms with Crippen LogP contribution in [0.4, 0.5) is 0 Å². The van der Waals surface area contributed by atoms with Crippen LogP contribution in [0.3, 0.4) is 0 Å². The number of hydrogen-bond acceptors (Lipinski definition) is 12. The SMILES string of the molecule is CC(=O)OC1C2[C@@](C)([C@@H](OC(C)=O)C[C@H]3OC[C@@]23OC(C)=O)[C@@H](OC(C)=O)[C@H](O)C2=C(C)[C@@H](O)C[C@]21C(C)(C)O. The van der Waals surface area contributed by atoms with Crippen LogP contribution >= 0.6 is 0 Å². The van der Waals surface area contributed by atoms with Crippen LogP contribution in [0.1, 0.15) is 68.2 Å². The van der Waals surface area contributed by atoms with Crippen molar-refractivity contribution in [2.75, 3.05) is 6.61 Å². The van der Waals surface area contributed by atoms with Crippen molar-refractivity contribution in [1.29, 1.82) is 0 Å². The van der Waals surface area contributed by atoms with Crippen molar-refractivity contribution in [2.24, 2.45) is 16.7 Å².